The predicted molar refractivity (Wildman–Crippen MR) is 98.1 cm³/mol. The van der Waals surface area contributed by atoms with Gasteiger partial charge in [0.1, 0.15) is 25.2 Å². The Hall–Kier alpha value is -3.13. The van der Waals surface area contributed by atoms with Crippen LogP contribution in [0.1, 0.15) is 11.3 Å². The van der Waals surface area contributed by atoms with Gasteiger partial charge in [0.25, 0.3) is 0 Å². The minimum Gasteiger partial charge on any atom is -0.494 e. The first kappa shape index (κ1) is 16.3. The number of aryl methyl sites for hydroxylation is 1. The molecule has 0 saturated heterocycles. The van der Waals surface area contributed by atoms with Crippen LogP contribution in [0.5, 0.6) is 0 Å². The molecule has 0 spiro atoms. The molecule has 0 saturated carbocycles. The molecule has 7 nitrogen and oxygen atoms in total. The number of benzene rings is 1. The number of anilines is 1. The fourth-order valence-corrected chi connectivity index (χ4v) is 3.38. The topological polar surface area (TPSA) is 77.2 Å². The van der Waals surface area contributed by atoms with Gasteiger partial charge in [0.15, 0.2) is 0 Å². The third-order valence-corrected chi connectivity index (χ3v) is 4.60. The van der Waals surface area contributed by atoms with Crippen LogP contribution in [0.25, 0.3) is 10.2 Å². The SMILES string of the molecule is Cc1ccc2nc(N(/N=C\c3ccco3)C(=O)C3=COCCO3)sc2c1. The summed E-state index contributed by atoms with van der Waals surface area (Å²) in [4.78, 5) is 17.4. The third-order valence-electron chi connectivity index (χ3n) is 3.61. The van der Waals surface area contributed by atoms with Crippen molar-refractivity contribution in [3.05, 3.63) is 59.9 Å². The minimum atomic E-state index is -0.455. The molecule has 0 unspecified atom stereocenters. The Balaban J connectivity index is 1.73. The van der Waals surface area contributed by atoms with E-state index in [1.54, 1.807) is 12.1 Å². The first-order valence-electron chi connectivity index (χ1n) is 7.94. The Kier molecular flexibility index (Phi) is 4.40. The van der Waals surface area contributed by atoms with Crippen LogP contribution >= 0.6 is 11.3 Å². The average Bonchev–Trinajstić information content (AvgIpc) is 3.31. The molecule has 0 bridgehead atoms. The van der Waals surface area contributed by atoms with Gasteiger partial charge in [0.2, 0.25) is 10.9 Å². The quantitative estimate of drug-likeness (QED) is 0.520. The molecule has 132 valence electrons. The van der Waals surface area contributed by atoms with Crippen molar-refractivity contribution in [3.63, 3.8) is 0 Å². The van der Waals surface area contributed by atoms with E-state index in [9.17, 15) is 4.79 Å². The monoisotopic (exact) mass is 369 g/mol. The summed E-state index contributed by atoms with van der Waals surface area (Å²) in [7, 11) is 0. The molecular formula is C18H15N3O4S. The van der Waals surface area contributed by atoms with E-state index in [1.165, 1.54) is 35.1 Å². The standard InChI is InChI=1S/C18H15N3O4S/c1-12-4-5-14-16(9-12)26-18(20-14)21(19-10-13-3-2-6-24-13)17(22)15-11-23-7-8-25-15/h2-6,9-11H,7-8H2,1H3/b19-10-. The van der Waals surface area contributed by atoms with Gasteiger partial charge in [0, 0.05) is 0 Å². The van der Waals surface area contributed by atoms with E-state index in [-0.39, 0.29) is 5.76 Å². The lowest BCUT2D eigenvalue weighted by atomic mass is 10.2. The second-order valence-electron chi connectivity index (χ2n) is 5.55. The molecule has 0 N–H and O–H groups in total. The number of nitrogens with zero attached hydrogens (tertiary/aromatic N) is 3. The summed E-state index contributed by atoms with van der Waals surface area (Å²) >= 11 is 1.38. The van der Waals surface area contributed by atoms with E-state index < -0.39 is 5.91 Å². The zero-order chi connectivity index (χ0) is 17.9. The number of hydrogen-bond acceptors (Lipinski definition) is 7. The molecule has 4 rings (SSSR count). The maximum Gasteiger partial charge on any atom is 0.319 e. The molecule has 3 aromatic rings. The summed E-state index contributed by atoms with van der Waals surface area (Å²) in [5.41, 5.74) is 1.92. The van der Waals surface area contributed by atoms with Crippen LogP contribution in [0.15, 0.2) is 58.1 Å². The Morgan fingerprint density at radius 3 is 3.04 bits per heavy atom. The Morgan fingerprint density at radius 2 is 2.27 bits per heavy atom. The lowest BCUT2D eigenvalue weighted by Crippen LogP contribution is -2.30. The summed E-state index contributed by atoms with van der Waals surface area (Å²) in [5.74, 6) is 0.154. The summed E-state index contributed by atoms with van der Waals surface area (Å²) in [5, 5.41) is 5.90. The highest BCUT2D eigenvalue weighted by Gasteiger charge is 2.26. The number of amides is 1. The van der Waals surface area contributed by atoms with E-state index in [0.717, 1.165) is 15.8 Å². The molecule has 8 heteroatoms. The van der Waals surface area contributed by atoms with E-state index in [2.05, 4.69) is 10.1 Å². The number of ether oxygens (including phenoxy) is 2. The van der Waals surface area contributed by atoms with Gasteiger partial charge in [-0.05, 0) is 36.8 Å². The van der Waals surface area contributed by atoms with Crippen molar-refractivity contribution < 1.29 is 18.7 Å². The number of rotatable bonds is 4. The molecule has 2 aromatic heterocycles. The zero-order valence-electron chi connectivity index (χ0n) is 13.9. The number of thiazole rings is 1. The number of hydrogen-bond donors (Lipinski definition) is 0. The maximum absolute atomic E-state index is 12.9. The van der Waals surface area contributed by atoms with Crippen LogP contribution in [0.4, 0.5) is 5.13 Å². The van der Waals surface area contributed by atoms with Gasteiger partial charge in [0.05, 0.1) is 22.7 Å². The number of hydrazone groups is 1. The molecule has 26 heavy (non-hydrogen) atoms. The van der Waals surface area contributed by atoms with Crippen LogP contribution in [0.3, 0.4) is 0 Å². The number of furan rings is 1. The third kappa shape index (κ3) is 3.31. The molecule has 0 fully saturated rings. The first-order chi connectivity index (χ1) is 12.7. The molecule has 0 radical (unpaired) electrons. The number of carbonyl (C=O) groups excluding carboxylic acids is 1. The fraction of sp³-hybridized carbons (Fsp3) is 0.167. The van der Waals surface area contributed by atoms with Gasteiger partial charge in [-0.2, -0.15) is 10.1 Å². The molecule has 1 aliphatic rings. The summed E-state index contributed by atoms with van der Waals surface area (Å²) in [6, 6.07) is 9.41. The average molecular weight is 369 g/mol. The lowest BCUT2D eigenvalue weighted by molar-refractivity contribution is -0.119. The highest BCUT2D eigenvalue weighted by Crippen LogP contribution is 2.30. The van der Waals surface area contributed by atoms with E-state index in [4.69, 9.17) is 13.9 Å². The van der Waals surface area contributed by atoms with Crippen molar-refractivity contribution in [2.75, 3.05) is 18.2 Å². The molecule has 1 aliphatic heterocycles. The summed E-state index contributed by atoms with van der Waals surface area (Å²) < 4.78 is 16.8. The van der Waals surface area contributed by atoms with E-state index >= 15 is 0 Å². The molecule has 0 atom stereocenters. The van der Waals surface area contributed by atoms with E-state index in [1.807, 2.05) is 25.1 Å². The number of carbonyl (C=O) groups is 1. The van der Waals surface area contributed by atoms with E-state index in [0.29, 0.717) is 24.1 Å². The Morgan fingerprint density at radius 1 is 1.35 bits per heavy atom. The van der Waals surface area contributed by atoms with Gasteiger partial charge in [-0.1, -0.05) is 17.4 Å². The van der Waals surface area contributed by atoms with Gasteiger partial charge in [-0.15, -0.1) is 0 Å². The molecule has 1 aromatic carbocycles. The summed E-state index contributed by atoms with van der Waals surface area (Å²) in [6.45, 7) is 2.73. The van der Waals surface area contributed by atoms with Crippen molar-refractivity contribution in [2.45, 2.75) is 6.92 Å². The molecule has 1 amide bonds. The highest BCUT2D eigenvalue weighted by atomic mass is 32.1. The van der Waals surface area contributed by atoms with Gasteiger partial charge >= 0.3 is 5.91 Å². The minimum absolute atomic E-state index is 0.0864. The van der Waals surface area contributed by atoms with Crippen LogP contribution in [0.2, 0.25) is 0 Å². The maximum atomic E-state index is 12.9. The Bertz CT molecular complexity index is 991. The van der Waals surface area contributed by atoms with Gasteiger partial charge < -0.3 is 13.9 Å². The normalized spacial score (nSPS) is 14.1. The van der Waals surface area contributed by atoms with Crippen molar-refractivity contribution in [3.8, 4) is 0 Å². The van der Waals surface area contributed by atoms with Gasteiger partial charge in [-0.25, -0.2) is 4.98 Å². The number of fused-ring (bicyclic) bond motifs is 1. The fourth-order valence-electron chi connectivity index (χ4n) is 2.36. The summed E-state index contributed by atoms with van der Waals surface area (Å²) in [6.07, 6.45) is 4.30. The van der Waals surface area contributed by atoms with Crippen LogP contribution in [-0.2, 0) is 14.3 Å². The predicted octanol–water partition coefficient (Wildman–Crippen LogP) is 3.45. The van der Waals surface area contributed by atoms with Crippen LogP contribution in [0, 0.1) is 6.92 Å². The van der Waals surface area contributed by atoms with Crippen LogP contribution in [-0.4, -0.2) is 30.3 Å². The highest BCUT2D eigenvalue weighted by molar-refractivity contribution is 7.22. The number of aromatic nitrogens is 1. The first-order valence-corrected chi connectivity index (χ1v) is 8.76. The second kappa shape index (κ2) is 7.01. The Labute approximate surface area is 153 Å². The molecule has 0 aliphatic carbocycles. The second-order valence-corrected chi connectivity index (χ2v) is 6.56. The largest absolute Gasteiger partial charge is 0.494 e. The lowest BCUT2D eigenvalue weighted by Gasteiger charge is -2.18. The van der Waals surface area contributed by atoms with Crippen molar-refractivity contribution in [2.24, 2.45) is 5.10 Å². The zero-order valence-corrected chi connectivity index (χ0v) is 14.7. The van der Waals surface area contributed by atoms with Crippen molar-refractivity contribution in [1.82, 2.24) is 4.98 Å². The smallest absolute Gasteiger partial charge is 0.319 e. The molecular weight excluding hydrogens is 354 g/mol. The van der Waals surface area contributed by atoms with Crippen molar-refractivity contribution >= 4 is 38.8 Å². The van der Waals surface area contributed by atoms with Crippen LogP contribution < -0.4 is 5.01 Å². The molecule has 3 heterocycles. The van der Waals surface area contributed by atoms with Crippen molar-refractivity contribution in [1.29, 1.82) is 0 Å². The van der Waals surface area contributed by atoms with Gasteiger partial charge in [-0.3, -0.25) is 4.79 Å².